The summed E-state index contributed by atoms with van der Waals surface area (Å²) in [5.74, 6) is -0.534. The molecule has 1 aromatic heterocycles. The molecule has 1 atom stereocenters. The van der Waals surface area contributed by atoms with E-state index in [4.69, 9.17) is 5.73 Å². The molecule has 148 valence electrons. The third-order valence-electron chi connectivity index (χ3n) is 4.44. The first-order chi connectivity index (χ1) is 14.1. The van der Waals surface area contributed by atoms with E-state index in [1.54, 1.807) is 73.1 Å². The van der Waals surface area contributed by atoms with E-state index in [1.165, 1.54) is 4.90 Å². The number of carbonyl (C=O) groups is 2. The Morgan fingerprint density at radius 3 is 2.28 bits per heavy atom. The summed E-state index contributed by atoms with van der Waals surface area (Å²) in [6.45, 7) is -0.427. The number of aliphatic hydroxyl groups excluding tert-OH is 1. The van der Waals surface area contributed by atoms with Gasteiger partial charge in [0, 0.05) is 41.8 Å². The molecular weight excluding hydrogens is 368 g/mol. The summed E-state index contributed by atoms with van der Waals surface area (Å²) in [4.78, 5) is 30.0. The van der Waals surface area contributed by atoms with Crippen LogP contribution in [0.1, 0.15) is 28.4 Å². The van der Waals surface area contributed by atoms with Crippen LogP contribution >= 0.6 is 0 Å². The number of hydrogen-bond donors (Lipinski definition) is 3. The van der Waals surface area contributed by atoms with Crippen LogP contribution in [0.5, 0.6) is 0 Å². The van der Waals surface area contributed by atoms with E-state index in [-0.39, 0.29) is 18.2 Å². The predicted molar refractivity (Wildman–Crippen MR) is 111 cm³/mol. The number of hydrogen-bond acceptors (Lipinski definition) is 5. The van der Waals surface area contributed by atoms with Gasteiger partial charge in [0.15, 0.2) is 0 Å². The van der Waals surface area contributed by atoms with Gasteiger partial charge in [0.1, 0.15) is 6.73 Å². The second kappa shape index (κ2) is 9.59. The lowest BCUT2D eigenvalue weighted by Crippen LogP contribution is -2.34. The normalized spacial score (nSPS) is 11.5. The fourth-order valence-corrected chi connectivity index (χ4v) is 2.85. The summed E-state index contributed by atoms with van der Waals surface area (Å²) < 4.78 is 0. The van der Waals surface area contributed by atoms with E-state index in [9.17, 15) is 14.7 Å². The molecule has 0 aliphatic rings. The van der Waals surface area contributed by atoms with Gasteiger partial charge in [0.05, 0.1) is 0 Å². The van der Waals surface area contributed by atoms with Gasteiger partial charge >= 0.3 is 0 Å². The van der Waals surface area contributed by atoms with Gasteiger partial charge in [-0.05, 0) is 42.0 Å². The van der Waals surface area contributed by atoms with Gasteiger partial charge in [-0.2, -0.15) is 0 Å². The topological polar surface area (TPSA) is 109 Å². The van der Waals surface area contributed by atoms with Crippen LogP contribution in [0.15, 0.2) is 79.1 Å². The maximum absolute atomic E-state index is 12.6. The number of aromatic nitrogens is 1. The number of nitrogens with zero attached hydrogens (tertiary/aromatic N) is 2. The Kier molecular flexibility index (Phi) is 6.67. The molecule has 1 heterocycles. The van der Waals surface area contributed by atoms with Gasteiger partial charge in [-0.3, -0.25) is 19.5 Å². The number of amides is 2. The molecule has 3 rings (SSSR count). The number of nitrogens with one attached hydrogen (secondary N) is 1. The number of benzene rings is 2. The molecule has 2 aromatic carbocycles. The molecule has 3 aromatic rings. The first kappa shape index (κ1) is 20.2. The van der Waals surface area contributed by atoms with Crippen molar-refractivity contribution in [2.45, 2.75) is 12.5 Å². The molecule has 7 nitrogen and oxygen atoms in total. The van der Waals surface area contributed by atoms with E-state index in [0.29, 0.717) is 16.9 Å². The molecule has 29 heavy (non-hydrogen) atoms. The minimum Gasteiger partial charge on any atom is -0.376 e. The van der Waals surface area contributed by atoms with Crippen LogP contribution < -0.4 is 16.0 Å². The Hall–Kier alpha value is -3.55. The van der Waals surface area contributed by atoms with Crippen molar-refractivity contribution in [3.8, 4) is 0 Å². The maximum Gasteiger partial charge on any atom is 0.255 e. The molecule has 1 unspecified atom stereocenters. The second-order valence-electron chi connectivity index (χ2n) is 6.42. The van der Waals surface area contributed by atoms with Crippen LogP contribution in [-0.2, 0) is 4.79 Å². The Morgan fingerprint density at radius 1 is 1.00 bits per heavy atom. The standard InChI is InChI=1S/C22H22N4O3/c23-20(14-21(28)26(15-27)19-4-2-1-3-5-19)16-6-8-17(9-7-16)22(29)25-18-10-12-24-13-11-18/h1-13,20,27H,14-15,23H2,(H,24,25,29). The highest BCUT2D eigenvalue weighted by atomic mass is 16.3. The van der Waals surface area contributed by atoms with Crippen molar-refractivity contribution >= 4 is 23.2 Å². The summed E-state index contributed by atoms with van der Waals surface area (Å²) >= 11 is 0. The van der Waals surface area contributed by atoms with Crippen molar-refractivity contribution in [1.29, 1.82) is 0 Å². The summed E-state index contributed by atoms with van der Waals surface area (Å²) in [5.41, 5.74) is 8.64. The van der Waals surface area contributed by atoms with Crippen LogP contribution in [0.25, 0.3) is 0 Å². The lowest BCUT2D eigenvalue weighted by molar-refractivity contribution is -0.119. The monoisotopic (exact) mass is 390 g/mol. The van der Waals surface area contributed by atoms with Gasteiger partial charge < -0.3 is 16.2 Å². The van der Waals surface area contributed by atoms with E-state index >= 15 is 0 Å². The third-order valence-corrected chi connectivity index (χ3v) is 4.44. The number of pyridine rings is 1. The van der Waals surface area contributed by atoms with Crippen molar-refractivity contribution in [3.63, 3.8) is 0 Å². The highest BCUT2D eigenvalue weighted by Crippen LogP contribution is 2.20. The van der Waals surface area contributed by atoms with Crippen LogP contribution in [0.4, 0.5) is 11.4 Å². The van der Waals surface area contributed by atoms with E-state index in [0.717, 1.165) is 5.56 Å². The Bertz CT molecular complexity index is 947. The summed E-state index contributed by atoms with van der Waals surface area (Å²) in [5, 5.41) is 12.3. The van der Waals surface area contributed by atoms with Crippen LogP contribution in [0, 0.1) is 0 Å². The average molecular weight is 390 g/mol. The maximum atomic E-state index is 12.6. The molecule has 0 aliphatic carbocycles. The first-order valence-corrected chi connectivity index (χ1v) is 9.11. The van der Waals surface area contributed by atoms with Crippen LogP contribution in [0.2, 0.25) is 0 Å². The highest BCUT2D eigenvalue weighted by molar-refractivity contribution is 6.04. The minimum atomic E-state index is -0.558. The predicted octanol–water partition coefficient (Wildman–Crippen LogP) is 2.71. The molecule has 0 aliphatic heterocycles. The highest BCUT2D eigenvalue weighted by Gasteiger charge is 2.19. The lowest BCUT2D eigenvalue weighted by Gasteiger charge is -2.22. The molecule has 0 saturated heterocycles. The van der Waals surface area contributed by atoms with E-state index < -0.39 is 12.8 Å². The van der Waals surface area contributed by atoms with Crippen molar-refractivity contribution in [1.82, 2.24) is 4.98 Å². The van der Waals surface area contributed by atoms with Gasteiger partial charge in [-0.25, -0.2) is 0 Å². The van der Waals surface area contributed by atoms with Crippen molar-refractivity contribution in [2.75, 3.05) is 16.9 Å². The zero-order valence-electron chi connectivity index (χ0n) is 15.7. The number of aliphatic hydroxyl groups is 1. The fraction of sp³-hybridized carbons (Fsp3) is 0.136. The first-order valence-electron chi connectivity index (χ1n) is 9.11. The summed E-state index contributed by atoms with van der Waals surface area (Å²) in [6, 6.07) is 18.5. The average Bonchev–Trinajstić information content (AvgIpc) is 2.76. The molecule has 0 saturated carbocycles. The number of nitrogens with two attached hydrogens (primary N) is 1. The van der Waals surface area contributed by atoms with Crippen molar-refractivity contribution in [2.24, 2.45) is 5.73 Å². The summed E-state index contributed by atoms with van der Waals surface area (Å²) in [7, 11) is 0. The van der Waals surface area contributed by atoms with E-state index in [1.807, 2.05) is 6.07 Å². The Balaban J connectivity index is 1.63. The zero-order chi connectivity index (χ0) is 20.6. The number of anilines is 2. The number of para-hydroxylation sites is 1. The van der Waals surface area contributed by atoms with E-state index in [2.05, 4.69) is 10.3 Å². The minimum absolute atomic E-state index is 0.0258. The SMILES string of the molecule is NC(CC(=O)N(CO)c1ccccc1)c1ccc(C(=O)Nc2ccncc2)cc1. The van der Waals surface area contributed by atoms with Crippen LogP contribution in [-0.4, -0.2) is 28.6 Å². The van der Waals surface area contributed by atoms with Crippen molar-refractivity contribution < 1.29 is 14.7 Å². The second-order valence-corrected chi connectivity index (χ2v) is 6.42. The summed E-state index contributed by atoms with van der Waals surface area (Å²) in [6.07, 6.45) is 3.22. The van der Waals surface area contributed by atoms with Crippen LogP contribution in [0.3, 0.4) is 0 Å². The molecule has 4 N–H and O–H groups in total. The number of carbonyl (C=O) groups excluding carboxylic acids is 2. The van der Waals surface area contributed by atoms with Gasteiger partial charge in [-0.1, -0.05) is 30.3 Å². The fourth-order valence-electron chi connectivity index (χ4n) is 2.85. The third kappa shape index (κ3) is 5.25. The van der Waals surface area contributed by atoms with Gasteiger partial charge in [0.2, 0.25) is 5.91 Å². The lowest BCUT2D eigenvalue weighted by atomic mass is 10.0. The quantitative estimate of drug-likeness (QED) is 0.538. The Morgan fingerprint density at radius 2 is 1.66 bits per heavy atom. The Labute approximate surface area is 168 Å². The molecule has 2 amide bonds. The molecule has 0 spiro atoms. The molecule has 0 bridgehead atoms. The number of rotatable bonds is 7. The molecule has 0 radical (unpaired) electrons. The van der Waals surface area contributed by atoms with Gasteiger partial charge in [0.25, 0.3) is 5.91 Å². The van der Waals surface area contributed by atoms with Crippen molar-refractivity contribution in [3.05, 3.63) is 90.3 Å². The molecule has 7 heteroatoms. The largest absolute Gasteiger partial charge is 0.376 e. The van der Waals surface area contributed by atoms with Gasteiger partial charge in [-0.15, -0.1) is 0 Å². The molecule has 0 fully saturated rings. The smallest absolute Gasteiger partial charge is 0.255 e. The zero-order valence-corrected chi connectivity index (χ0v) is 15.7. The molecular formula is C22H22N4O3.